The summed E-state index contributed by atoms with van der Waals surface area (Å²) in [5.41, 5.74) is 8.27. The summed E-state index contributed by atoms with van der Waals surface area (Å²) < 4.78 is 81.8. The van der Waals surface area contributed by atoms with Crippen LogP contribution in [-0.2, 0) is 50.1 Å². The predicted octanol–water partition coefficient (Wildman–Crippen LogP) is 11.0. The monoisotopic (exact) mass is 1010 g/mol. The molecule has 0 aromatic heterocycles. The van der Waals surface area contributed by atoms with Gasteiger partial charge in [0.25, 0.3) is 20.2 Å². The van der Waals surface area contributed by atoms with Gasteiger partial charge in [-0.3, -0.25) is 18.7 Å². The first-order valence-corrected chi connectivity index (χ1v) is 27.1. The Morgan fingerprint density at radius 2 is 1.26 bits per heavy atom. The Bertz CT molecular complexity index is 3420. The molecule has 1 aliphatic carbocycles. The van der Waals surface area contributed by atoms with Crippen LogP contribution in [0.2, 0.25) is 0 Å². The minimum absolute atomic E-state index is 0.0415. The highest BCUT2D eigenvalue weighted by Crippen LogP contribution is 2.52. The van der Waals surface area contributed by atoms with E-state index in [1.54, 1.807) is 12.1 Å². The molecule has 0 bridgehead atoms. The van der Waals surface area contributed by atoms with Gasteiger partial charge in [0.1, 0.15) is 6.61 Å². The number of fused-ring (bicyclic) bond motifs is 6. The van der Waals surface area contributed by atoms with Gasteiger partial charge in [0, 0.05) is 71.7 Å². The Kier molecular flexibility index (Phi) is 13.6. The molecule has 6 aromatic rings. The molecule has 13 nitrogen and oxygen atoms in total. The van der Waals surface area contributed by atoms with Crippen LogP contribution in [0.4, 0.5) is 22.7 Å². The molecule has 2 atom stereocenters. The molecule has 6 aromatic carbocycles. The van der Waals surface area contributed by atoms with Crippen LogP contribution in [0.25, 0.3) is 21.5 Å². The van der Waals surface area contributed by atoms with Crippen LogP contribution in [-0.4, -0.2) is 80.5 Å². The molecule has 9 rings (SSSR count). The first-order chi connectivity index (χ1) is 34.2. The predicted molar refractivity (Wildman–Crippen MR) is 281 cm³/mol. The number of anilines is 3. The van der Waals surface area contributed by atoms with Gasteiger partial charge in [-0.05, 0) is 133 Å². The van der Waals surface area contributed by atoms with Gasteiger partial charge in [0.2, 0.25) is 5.69 Å². The zero-order valence-electron chi connectivity index (χ0n) is 41.3. The van der Waals surface area contributed by atoms with E-state index in [1.807, 2.05) is 60.7 Å². The molecule has 2 aliphatic heterocycles. The molecular formula is C57H60N3O10S2+. The van der Waals surface area contributed by atoms with Crippen molar-refractivity contribution in [3.63, 3.8) is 0 Å². The van der Waals surface area contributed by atoms with Gasteiger partial charge >= 0.3 is 11.9 Å². The van der Waals surface area contributed by atoms with E-state index < -0.39 is 31.1 Å². The molecule has 374 valence electrons. The fourth-order valence-electron chi connectivity index (χ4n) is 11.7. The molecular weight excluding hydrogens is 951 g/mol. The standard InChI is InChI=1S/C57H59N3O10S2/c1-37(61)69-33-31-58-49-27-19-41-35-45(71(63,64)65)23-25-47(41)53(49)56(3,4)51(58)29-21-39-17-18-40(55(39)60(43-13-9-7-10-14-43)44-15-11-8-12-16-44)22-30-52-57(5,6)54-48-26-24-46(72(66,67)68)36-42(48)20-28-50(54)59(52)32-34-70-38(2)62/h7-16,19-21,23-29,35-36,40,52H,17-18,22,30-34H2,1-6H3,(H-,63,64,65,66,67,68)/p+1. The number of ether oxygens (including phenoxy) is 2. The normalized spacial score (nSPS) is 18.3. The highest BCUT2D eigenvalue weighted by molar-refractivity contribution is 7.86. The summed E-state index contributed by atoms with van der Waals surface area (Å²) in [6, 6.07) is 37.8. The molecule has 15 heteroatoms. The number of nitrogens with zero attached hydrogens (tertiary/aromatic N) is 3. The van der Waals surface area contributed by atoms with Gasteiger partial charge in [-0.25, -0.2) is 0 Å². The highest BCUT2D eigenvalue weighted by Gasteiger charge is 2.48. The number of para-hydroxylation sites is 2. The van der Waals surface area contributed by atoms with Gasteiger partial charge < -0.3 is 19.3 Å². The maximum Gasteiger partial charge on any atom is 0.302 e. The van der Waals surface area contributed by atoms with Gasteiger partial charge in [-0.1, -0.05) is 74.5 Å². The number of benzene rings is 6. The van der Waals surface area contributed by atoms with E-state index >= 15 is 0 Å². The second-order valence-electron chi connectivity index (χ2n) is 20.0. The van der Waals surface area contributed by atoms with Gasteiger partial charge in [0.15, 0.2) is 18.9 Å². The fraction of sp³-hybridized carbons (Fsp3) is 0.316. The van der Waals surface area contributed by atoms with E-state index in [0.717, 1.165) is 81.6 Å². The molecule has 2 heterocycles. The molecule has 0 saturated carbocycles. The molecule has 3 aliphatic rings. The maximum atomic E-state index is 12.2. The van der Waals surface area contributed by atoms with E-state index in [2.05, 4.69) is 78.5 Å². The van der Waals surface area contributed by atoms with Crippen molar-refractivity contribution in [3.8, 4) is 0 Å². The average Bonchev–Trinajstić information content (AvgIpc) is 3.90. The van der Waals surface area contributed by atoms with Gasteiger partial charge in [-0.15, -0.1) is 0 Å². The van der Waals surface area contributed by atoms with Gasteiger partial charge in [0.05, 0.1) is 21.8 Å². The van der Waals surface area contributed by atoms with Crippen LogP contribution in [0.5, 0.6) is 0 Å². The number of esters is 2. The van der Waals surface area contributed by atoms with Crippen LogP contribution >= 0.6 is 0 Å². The maximum absolute atomic E-state index is 12.2. The lowest BCUT2D eigenvalue weighted by atomic mass is 9.76. The Labute approximate surface area is 421 Å². The third-order valence-electron chi connectivity index (χ3n) is 14.8. The third-order valence-corrected chi connectivity index (χ3v) is 16.5. The Hall–Kier alpha value is -6.65. The number of rotatable bonds is 16. The number of carbonyl (C=O) groups excluding carboxylic acids is 2. The van der Waals surface area contributed by atoms with Gasteiger partial charge in [-0.2, -0.15) is 21.4 Å². The van der Waals surface area contributed by atoms with E-state index in [-0.39, 0.29) is 46.9 Å². The molecule has 0 saturated heterocycles. The van der Waals surface area contributed by atoms with Crippen molar-refractivity contribution in [1.82, 2.24) is 0 Å². The minimum atomic E-state index is -4.43. The van der Waals surface area contributed by atoms with E-state index in [4.69, 9.17) is 9.47 Å². The first kappa shape index (κ1) is 50.3. The molecule has 0 amide bonds. The van der Waals surface area contributed by atoms with Crippen molar-refractivity contribution in [1.29, 1.82) is 0 Å². The largest absolute Gasteiger partial charge is 0.464 e. The zero-order valence-corrected chi connectivity index (χ0v) is 43.0. The highest BCUT2D eigenvalue weighted by atomic mass is 32.2. The summed E-state index contributed by atoms with van der Waals surface area (Å²) in [7, 11) is -8.85. The average molecular weight is 1010 g/mol. The quantitative estimate of drug-likeness (QED) is 0.0535. The minimum Gasteiger partial charge on any atom is -0.464 e. The Morgan fingerprint density at radius 1 is 0.708 bits per heavy atom. The van der Waals surface area contributed by atoms with Crippen molar-refractivity contribution in [2.75, 3.05) is 36.1 Å². The molecule has 0 radical (unpaired) electrons. The number of carbonyl (C=O) groups is 2. The summed E-state index contributed by atoms with van der Waals surface area (Å²) in [5.74, 6) is -0.646. The molecule has 0 spiro atoms. The summed E-state index contributed by atoms with van der Waals surface area (Å²) in [5, 5.41) is 3.11. The van der Waals surface area contributed by atoms with Crippen molar-refractivity contribution in [3.05, 3.63) is 156 Å². The zero-order chi connectivity index (χ0) is 51.3. The van der Waals surface area contributed by atoms with Crippen molar-refractivity contribution in [2.24, 2.45) is 5.92 Å². The van der Waals surface area contributed by atoms with Crippen LogP contribution in [0.3, 0.4) is 0 Å². The molecule has 2 unspecified atom stereocenters. The molecule has 72 heavy (non-hydrogen) atoms. The van der Waals surface area contributed by atoms with Crippen LogP contribution in [0.15, 0.2) is 155 Å². The second-order valence-corrected chi connectivity index (χ2v) is 22.8. The Balaban J connectivity index is 1.14. The molecule has 2 N–H and O–H groups in total. The summed E-state index contributed by atoms with van der Waals surface area (Å²) in [4.78, 5) is 28.5. The van der Waals surface area contributed by atoms with Crippen LogP contribution in [0, 0.1) is 5.92 Å². The van der Waals surface area contributed by atoms with Crippen molar-refractivity contribution in [2.45, 2.75) is 93.9 Å². The van der Waals surface area contributed by atoms with Crippen molar-refractivity contribution < 1.29 is 49.6 Å². The topological polar surface area (TPSA) is 171 Å². The number of allylic oxidation sites excluding steroid dienone is 4. The number of hydrogen-bond acceptors (Lipinski definition) is 10. The SMILES string of the molecule is CC(=O)OCCN1c2ccc3cc(S(=O)(=O)O)ccc3c2C(C)(C)C1CCC1CCC(/C=C/C2=[N+](CCOC(C)=O)c3ccc4cc(S(=O)(=O)O)ccc4c3C2(C)C)=C1N(c1ccccc1)c1ccccc1. The fourth-order valence-corrected chi connectivity index (χ4v) is 12.7. The third kappa shape index (κ3) is 9.58. The lowest BCUT2D eigenvalue weighted by Gasteiger charge is -2.37. The second kappa shape index (κ2) is 19.4. The number of hydrogen-bond donors (Lipinski definition) is 2. The van der Waals surface area contributed by atoms with Crippen LogP contribution in [0.1, 0.15) is 78.4 Å². The van der Waals surface area contributed by atoms with Crippen LogP contribution < -0.4 is 9.80 Å². The van der Waals surface area contributed by atoms with Crippen molar-refractivity contribution >= 4 is 82.2 Å². The van der Waals surface area contributed by atoms with E-state index in [9.17, 15) is 35.5 Å². The van der Waals surface area contributed by atoms with E-state index in [1.165, 1.54) is 43.8 Å². The summed E-state index contributed by atoms with van der Waals surface area (Å²) >= 11 is 0. The molecule has 0 fully saturated rings. The summed E-state index contributed by atoms with van der Waals surface area (Å²) in [6.45, 7) is 12.7. The Morgan fingerprint density at radius 3 is 1.83 bits per heavy atom. The lowest BCUT2D eigenvalue weighted by Crippen LogP contribution is -2.43. The first-order valence-electron chi connectivity index (χ1n) is 24.3. The smallest absolute Gasteiger partial charge is 0.302 e. The summed E-state index contributed by atoms with van der Waals surface area (Å²) in [6.07, 6.45) is 7.65. The van der Waals surface area contributed by atoms with E-state index in [0.29, 0.717) is 23.9 Å². The lowest BCUT2D eigenvalue weighted by molar-refractivity contribution is -0.440.